The van der Waals surface area contributed by atoms with Crippen LogP contribution < -0.4 is 20.1 Å². The predicted octanol–water partition coefficient (Wildman–Crippen LogP) is 5.15. The molecule has 2 aromatic rings. The molecule has 1 aliphatic carbocycles. The first kappa shape index (κ1) is 27.2. The van der Waals surface area contributed by atoms with E-state index in [1.807, 2.05) is 43.3 Å². The van der Waals surface area contributed by atoms with Gasteiger partial charge in [-0.3, -0.25) is 4.99 Å². The summed E-state index contributed by atoms with van der Waals surface area (Å²) in [5.41, 5.74) is 1.38. The van der Waals surface area contributed by atoms with Crippen LogP contribution in [0.4, 0.5) is 0 Å². The van der Waals surface area contributed by atoms with E-state index in [1.165, 1.54) is 25.7 Å². The van der Waals surface area contributed by atoms with Crippen LogP contribution in [0, 0.1) is 5.41 Å². The summed E-state index contributed by atoms with van der Waals surface area (Å²) in [6.07, 6.45) is 7.94. The summed E-state index contributed by atoms with van der Waals surface area (Å²) in [7, 11) is 3.58. The second-order valence-electron chi connectivity index (χ2n) is 8.24. The summed E-state index contributed by atoms with van der Waals surface area (Å²) in [5, 5.41) is 6.93. The molecule has 1 aromatic heterocycles. The van der Waals surface area contributed by atoms with Crippen molar-refractivity contribution in [3.63, 3.8) is 0 Å². The fourth-order valence-electron chi connectivity index (χ4n) is 4.14. The van der Waals surface area contributed by atoms with Gasteiger partial charge in [0.1, 0.15) is 11.5 Å². The zero-order valence-electron chi connectivity index (χ0n) is 19.9. The van der Waals surface area contributed by atoms with Crippen LogP contribution in [0.25, 0.3) is 0 Å². The van der Waals surface area contributed by atoms with Gasteiger partial charge in [-0.05, 0) is 67.5 Å². The number of halogens is 1. The summed E-state index contributed by atoms with van der Waals surface area (Å²) in [4.78, 5) is 8.72. The molecule has 0 saturated heterocycles. The number of benzene rings is 1. The normalized spacial score (nSPS) is 14.9. The van der Waals surface area contributed by atoms with Crippen molar-refractivity contribution in [1.29, 1.82) is 0 Å². The monoisotopic (exact) mass is 568 g/mol. The molecule has 0 radical (unpaired) electrons. The number of guanidine groups is 1. The second kappa shape index (κ2) is 14.2. The van der Waals surface area contributed by atoms with Gasteiger partial charge in [-0.1, -0.05) is 12.8 Å². The minimum absolute atomic E-state index is 0. The van der Waals surface area contributed by atoms with E-state index in [0.29, 0.717) is 24.4 Å². The van der Waals surface area contributed by atoms with E-state index < -0.39 is 0 Å². The van der Waals surface area contributed by atoms with Crippen LogP contribution in [-0.2, 0) is 11.3 Å². The van der Waals surface area contributed by atoms with Crippen molar-refractivity contribution >= 4 is 29.9 Å². The van der Waals surface area contributed by atoms with Crippen molar-refractivity contribution in [1.82, 2.24) is 15.6 Å². The van der Waals surface area contributed by atoms with Crippen LogP contribution in [0.1, 0.15) is 44.6 Å². The molecule has 1 aliphatic rings. The molecule has 7 nitrogen and oxygen atoms in total. The molecule has 0 unspecified atom stereocenters. The third-order valence-electron chi connectivity index (χ3n) is 5.97. The summed E-state index contributed by atoms with van der Waals surface area (Å²) >= 11 is 0. The molecule has 1 aromatic carbocycles. The molecule has 1 fully saturated rings. The van der Waals surface area contributed by atoms with Gasteiger partial charge in [0.15, 0.2) is 5.96 Å². The third-order valence-corrected chi connectivity index (χ3v) is 5.97. The van der Waals surface area contributed by atoms with Crippen molar-refractivity contribution in [2.24, 2.45) is 10.4 Å². The Morgan fingerprint density at radius 2 is 1.82 bits per heavy atom. The van der Waals surface area contributed by atoms with Crippen molar-refractivity contribution in [3.8, 4) is 17.4 Å². The lowest BCUT2D eigenvalue weighted by Gasteiger charge is -2.30. The lowest BCUT2D eigenvalue weighted by atomic mass is 9.83. The number of aliphatic imine (C=N–C) groups is 1. The maximum absolute atomic E-state index is 5.90. The number of nitrogens with zero attached hydrogens (tertiary/aromatic N) is 2. The first-order valence-electron chi connectivity index (χ1n) is 11.5. The van der Waals surface area contributed by atoms with Crippen LogP contribution in [0.15, 0.2) is 47.6 Å². The van der Waals surface area contributed by atoms with E-state index in [4.69, 9.17) is 14.2 Å². The van der Waals surface area contributed by atoms with Gasteiger partial charge in [0, 0.05) is 46.1 Å². The number of hydrogen-bond donors (Lipinski definition) is 2. The lowest BCUT2D eigenvalue weighted by Crippen LogP contribution is -2.43. The fourth-order valence-corrected chi connectivity index (χ4v) is 4.14. The standard InChI is InChI=1S/C25H36N4O3.HI/c1-4-31-21-7-9-22(10-8-21)32-23-17-20(11-15-27-23)18-28-24(26-2)29-19-25(14-16-30-3)12-5-6-13-25;/h7-11,15,17H,4-6,12-14,16,18-19H2,1-3H3,(H2,26,28,29);1H. The summed E-state index contributed by atoms with van der Waals surface area (Å²) in [6.45, 7) is 4.96. The van der Waals surface area contributed by atoms with E-state index in [1.54, 1.807) is 20.4 Å². The Bertz CT molecular complexity index is 855. The molecule has 0 spiro atoms. The van der Waals surface area contributed by atoms with Gasteiger partial charge in [0.2, 0.25) is 5.88 Å². The number of pyridine rings is 1. The third kappa shape index (κ3) is 8.66. The van der Waals surface area contributed by atoms with Gasteiger partial charge < -0.3 is 24.8 Å². The van der Waals surface area contributed by atoms with Gasteiger partial charge >= 0.3 is 0 Å². The Balaban J connectivity index is 0.00000385. The topological polar surface area (TPSA) is 77.0 Å². The Kier molecular flexibility index (Phi) is 11.7. The van der Waals surface area contributed by atoms with E-state index in [2.05, 4.69) is 20.6 Å². The first-order valence-corrected chi connectivity index (χ1v) is 11.5. The zero-order valence-corrected chi connectivity index (χ0v) is 22.3. The van der Waals surface area contributed by atoms with Crippen molar-refractivity contribution in [3.05, 3.63) is 48.2 Å². The smallest absolute Gasteiger partial charge is 0.219 e. The van der Waals surface area contributed by atoms with Gasteiger partial charge in [-0.25, -0.2) is 4.98 Å². The van der Waals surface area contributed by atoms with Gasteiger partial charge in [0.25, 0.3) is 0 Å². The average molecular weight is 569 g/mol. The van der Waals surface area contributed by atoms with Crippen LogP contribution in [0.2, 0.25) is 0 Å². The molecule has 0 aliphatic heterocycles. The largest absolute Gasteiger partial charge is 0.494 e. The predicted molar refractivity (Wildman–Crippen MR) is 143 cm³/mol. The Hall–Kier alpha value is -2.07. The molecule has 0 bridgehead atoms. The highest BCUT2D eigenvalue weighted by molar-refractivity contribution is 14.0. The highest BCUT2D eigenvalue weighted by Gasteiger charge is 2.33. The van der Waals surface area contributed by atoms with E-state index in [9.17, 15) is 0 Å². The number of methoxy groups -OCH3 is 1. The molecule has 1 heterocycles. The molecule has 2 N–H and O–H groups in total. The van der Waals surface area contributed by atoms with Crippen LogP contribution >= 0.6 is 24.0 Å². The quantitative estimate of drug-likeness (QED) is 0.222. The van der Waals surface area contributed by atoms with Crippen molar-refractivity contribution in [2.75, 3.05) is 33.9 Å². The van der Waals surface area contributed by atoms with Gasteiger partial charge in [0.05, 0.1) is 6.61 Å². The Labute approximate surface area is 214 Å². The average Bonchev–Trinajstić information content (AvgIpc) is 3.29. The number of rotatable bonds is 11. The fraction of sp³-hybridized carbons (Fsp3) is 0.520. The van der Waals surface area contributed by atoms with Crippen LogP contribution in [-0.4, -0.2) is 44.9 Å². The SMILES string of the molecule is CCOc1ccc(Oc2cc(CNC(=NC)NCC3(CCOC)CCCC3)ccn2)cc1.I. The Morgan fingerprint density at radius 1 is 1.09 bits per heavy atom. The molecule has 182 valence electrons. The summed E-state index contributed by atoms with van der Waals surface area (Å²) < 4.78 is 16.7. The van der Waals surface area contributed by atoms with Crippen LogP contribution in [0.3, 0.4) is 0 Å². The minimum Gasteiger partial charge on any atom is -0.494 e. The molecule has 33 heavy (non-hydrogen) atoms. The zero-order chi connectivity index (χ0) is 22.7. The lowest BCUT2D eigenvalue weighted by molar-refractivity contribution is 0.138. The minimum atomic E-state index is 0. The maximum Gasteiger partial charge on any atom is 0.219 e. The number of aromatic nitrogens is 1. The number of hydrogen-bond acceptors (Lipinski definition) is 5. The molecule has 0 atom stereocenters. The Morgan fingerprint density at radius 3 is 2.48 bits per heavy atom. The van der Waals surface area contributed by atoms with Gasteiger partial charge in [-0.15, -0.1) is 24.0 Å². The number of ether oxygens (including phenoxy) is 3. The first-order chi connectivity index (χ1) is 15.7. The molecule has 8 heteroatoms. The van der Waals surface area contributed by atoms with Crippen molar-refractivity contribution < 1.29 is 14.2 Å². The molecule has 3 rings (SSSR count). The van der Waals surface area contributed by atoms with Crippen LogP contribution in [0.5, 0.6) is 17.4 Å². The van der Waals surface area contributed by atoms with Gasteiger partial charge in [-0.2, -0.15) is 0 Å². The highest BCUT2D eigenvalue weighted by atomic mass is 127. The summed E-state index contributed by atoms with van der Waals surface area (Å²) in [6, 6.07) is 11.5. The second-order valence-corrected chi connectivity index (χ2v) is 8.24. The maximum atomic E-state index is 5.90. The van der Waals surface area contributed by atoms with Crippen molar-refractivity contribution in [2.45, 2.75) is 45.6 Å². The molecule has 0 amide bonds. The molecular weight excluding hydrogens is 531 g/mol. The van der Waals surface area contributed by atoms with E-state index in [0.717, 1.165) is 42.6 Å². The molecule has 1 saturated carbocycles. The summed E-state index contributed by atoms with van der Waals surface area (Å²) in [5.74, 6) is 2.91. The van der Waals surface area contributed by atoms with E-state index >= 15 is 0 Å². The van der Waals surface area contributed by atoms with E-state index in [-0.39, 0.29) is 24.0 Å². The molecular formula is C25H37IN4O3. The number of nitrogens with one attached hydrogen (secondary N) is 2. The highest BCUT2D eigenvalue weighted by Crippen LogP contribution is 2.40.